The van der Waals surface area contributed by atoms with Gasteiger partial charge in [-0.1, -0.05) is 30.3 Å². The zero-order valence-electron chi connectivity index (χ0n) is 13.8. The lowest BCUT2D eigenvalue weighted by molar-refractivity contribution is 0.341. The fourth-order valence-electron chi connectivity index (χ4n) is 2.58. The maximum atomic E-state index is 5.98. The molecule has 0 spiro atoms. The quantitative estimate of drug-likeness (QED) is 0.820. The topological polar surface area (TPSA) is 42.5 Å². The fourth-order valence-corrected chi connectivity index (χ4v) is 2.58. The first-order valence-corrected chi connectivity index (χ1v) is 8.05. The Hall–Kier alpha value is -2.88. The van der Waals surface area contributed by atoms with Gasteiger partial charge in [0.25, 0.3) is 0 Å². The van der Waals surface area contributed by atoms with Crippen molar-refractivity contribution in [2.45, 2.75) is 12.8 Å². The van der Waals surface area contributed by atoms with Crippen LogP contribution in [-0.4, -0.2) is 13.7 Å². The molecule has 0 radical (unpaired) electrons. The van der Waals surface area contributed by atoms with Crippen LogP contribution in [0.1, 0.15) is 11.1 Å². The van der Waals surface area contributed by atoms with Gasteiger partial charge < -0.3 is 20.1 Å². The van der Waals surface area contributed by atoms with E-state index in [1.54, 1.807) is 7.11 Å². The van der Waals surface area contributed by atoms with E-state index < -0.39 is 0 Å². The molecule has 2 N–H and O–H groups in total. The van der Waals surface area contributed by atoms with Crippen molar-refractivity contribution in [2.24, 2.45) is 0 Å². The summed E-state index contributed by atoms with van der Waals surface area (Å²) < 4.78 is 11.3. The van der Waals surface area contributed by atoms with Crippen LogP contribution in [0.2, 0.25) is 0 Å². The summed E-state index contributed by atoms with van der Waals surface area (Å²) >= 11 is 0. The third kappa shape index (κ3) is 4.32. The predicted octanol–water partition coefficient (Wildman–Crippen LogP) is 3.36. The molecule has 3 rings (SSSR count). The van der Waals surface area contributed by atoms with Crippen molar-refractivity contribution in [3.8, 4) is 11.5 Å². The van der Waals surface area contributed by atoms with Crippen molar-refractivity contribution in [1.82, 2.24) is 10.6 Å². The van der Waals surface area contributed by atoms with Crippen molar-refractivity contribution in [2.75, 3.05) is 13.7 Å². The van der Waals surface area contributed by atoms with Gasteiger partial charge in [0, 0.05) is 18.6 Å². The van der Waals surface area contributed by atoms with Crippen LogP contribution in [0, 0.1) is 0 Å². The van der Waals surface area contributed by atoms with E-state index in [2.05, 4.69) is 34.9 Å². The number of nitrogens with one attached hydrogen (secondary N) is 2. The van der Waals surface area contributed by atoms with Crippen LogP contribution < -0.4 is 20.1 Å². The Kier molecular flexibility index (Phi) is 5.40. The Morgan fingerprint density at radius 1 is 0.958 bits per heavy atom. The molecule has 0 fully saturated rings. The number of rotatable bonds is 7. The number of hydrogen-bond acceptors (Lipinski definition) is 4. The lowest BCUT2D eigenvalue weighted by Gasteiger charge is -2.15. The number of hydrogen-bond donors (Lipinski definition) is 2. The highest BCUT2D eigenvalue weighted by molar-refractivity contribution is 5.35. The number of benzene rings is 2. The van der Waals surface area contributed by atoms with E-state index in [0.717, 1.165) is 30.0 Å². The van der Waals surface area contributed by atoms with Crippen molar-refractivity contribution in [3.05, 3.63) is 84.0 Å². The summed E-state index contributed by atoms with van der Waals surface area (Å²) in [6.45, 7) is 0.507. The highest BCUT2D eigenvalue weighted by Gasteiger charge is 2.06. The Bertz CT molecular complexity index is 738. The zero-order valence-corrected chi connectivity index (χ0v) is 13.8. The predicted molar refractivity (Wildman–Crippen MR) is 95.8 cm³/mol. The van der Waals surface area contributed by atoms with Crippen molar-refractivity contribution >= 4 is 0 Å². The van der Waals surface area contributed by atoms with Gasteiger partial charge in [-0.2, -0.15) is 0 Å². The molecule has 4 heteroatoms. The number of para-hydroxylation sites is 1. The molecule has 0 saturated heterocycles. The Balaban J connectivity index is 1.62. The molecule has 0 aromatic heterocycles. The van der Waals surface area contributed by atoms with Gasteiger partial charge in [-0.25, -0.2) is 0 Å². The van der Waals surface area contributed by atoms with Crippen LogP contribution in [0.15, 0.2) is 72.8 Å². The molecular weight excluding hydrogens is 300 g/mol. The van der Waals surface area contributed by atoms with Gasteiger partial charge in [0.15, 0.2) is 0 Å². The van der Waals surface area contributed by atoms with Crippen molar-refractivity contribution in [1.29, 1.82) is 0 Å². The second-order valence-electron chi connectivity index (χ2n) is 5.56. The van der Waals surface area contributed by atoms with E-state index >= 15 is 0 Å². The largest absolute Gasteiger partial charge is 0.497 e. The fraction of sp³-hybridized carbons (Fsp3) is 0.200. The molecule has 4 nitrogen and oxygen atoms in total. The first-order chi connectivity index (χ1) is 11.8. The standard InChI is InChI=1S/C20H22N2O2/c1-23-19-7-4-5-16(13-19)9-10-17-6-2-3-8-20(17)24-15-18-14-21-11-12-22-18/h2-8,11-14,21-22H,9-10,15H2,1H3. The van der Waals surface area contributed by atoms with Crippen LogP contribution in [0.4, 0.5) is 0 Å². The minimum Gasteiger partial charge on any atom is -0.497 e. The Labute approximate surface area is 142 Å². The Morgan fingerprint density at radius 2 is 1.88 bits per heavy atom. The second-order valence-corrected chi connectivity index (χ2v) is 5.56. The smallest absolute Gasteiger partial charge is 0.129 e. The zero-order chi connectivity index (χ0) is 16.6. The minimum absolute atomic E-state index is 0.507. The lowest BCUT2D eigenvalue weighted by atomic mass is 10.0. The number of methoxy groups -OCH3 is 1. The average molecular weight is 322 g/mol. The SMILES string of the molecule is COc1cccc(CCc2ccccc2OCC2=CNC=CN2)c1. The van der Waals surface area contributed by atoms with Gasteiger partial charge >= 0.3 is 0 Å². The molecule has 0 atom stereocenters. The van der Waals surface area contributed by atoms with E-state index in [-0.39, 0.29) is 0 Å². The van der Waals surface area contributed by atoms with Gasteiger partial charge in [0.2, 0.25) is 0 Å². The van der Waals surface area contributed by atoms with Crippen molar-refractivity contribution in [3.63, 3.8) is 0 Å². The molecule has 124 valence electrons. The summed E-state index contributed by atoms with van der Waals surface area (Å²) in [5.74, 6) is 1.82. The summed E-state index contributed by atoms with van der Waals surface area (Å²) in [5.41, 5.74) is 3.47. The van der Waals surface area contributed by atoms with Gasteiger partial charge in [-0.15, -0.1) is 0 Å². The summed E-state index contributed by atoms with van der Waals surface area (Å²) in [7, 11) is 1.69. The first kappa shape index (κ1) is 16.0. The lowest BCUT2D eigenvalue weighted by Crippen LogP contribution is -2.20. The van der Waals surface area contributed by atoms with Crippen LogP contribution in [0.5, 0.6) is 11.5 Å². The van der Waals surface area contributed by atoms with Crippen LogP contribution in [0.3, 0.4) is 0 Å². The van der Waals surface area contributed by atoms with Gasteiger partial charge in [0.1, 0.15) is 18.1 Å². The van der Waals surface area contributed by atoms with E-state index in [9.17, 15) is 0 Å². The molecule has 0 saturated carbocycles. The van der Waals surface area contributed by atoms with E-state index in [1.807, 2.05) is 42.9 Å². The third-order valence-electron chi connectivity index (χ3n) is 3.88. The number of ether oxygens (including phenoxy) is 2. The van der Waals surface area contributed by atoms with E-state index in [1.165, 1.54) is 11.1 Å². The molecule has 2 aromatic rings. The molecule has 24 heavy (non-hydrogen) atoms. The average Bonchev–Trinajstić information content (AvgIpc) is 2.66. The van der Waals surface area contributed by atoms with Gasteiger partial charge in [-0.3, -0.25) is 0 Å². The Morgan fingerprint density at radius 3 is 2.71 bits per heavy atom. The normalized spacial score (nSPS) is 12.8. The summed E-state index contributed by atoms with van der Waals surface area (Å²) in [6.07, 6.45) is 7.47. The summed E-state index contributed by atoms with van der Waals surface area (Å²) in [6, 6.07) is 16.4. The minimum atomic E-state index is 0.507. The van der Waals surface area contributed by atoms with Crippen LogP contribution in [0.25, 0.3) is 0 Å². The van der Waals surface area contributed by atoms with Crippen LogP contribution >= 0.6 is 0 Å². The second kappa shape index (κ2) is 8.11. The van der Waals surface area contributed by atoms with Crippen molar-refractivity contribution < 1.29 is 9.47 Å². The number of aryl methyl sites for hydroxylation is 2. The van der Waals surface area contributed by atoms with Gasteiger partial charge in [0.05, 0.1) is 12.8 Å². The molecule has 1 aliphatic rings. The highest BCUT2D eigenvalue weighted by atomic mass is 16.5. The van der Waals surface area contributed by atoms with E-state index in [4.69, 9.17) is 9.47 Å². The molecule has 0 amide bonds. The molecule has 0 bridgehead atoms. The molecule has 0 unspecified atom stereocenters. The summed E-state index contributed by atoms with van der Waals surface area (Å²) in [4.78, 5) is 0. The third-order valence-corrected chi connectivity index (χ3v) is 3.88. The maximum Gasteiger partial charge on any atom is 0.129 e. The first-order valence-electron chi connectivity index (χ1n) is 8.05. The van der Waals surface area contributed by atoms with E-state index in [0.29, 0.717) is 6.61 Å². The molecule has 1 heterocycles. The maximum absolute atomic E-state index is 5.98. The van der Waals surface area contributed by atoms with Gasteiger partial charge in [-0.05, 0) is 42.2 Å². The summed E-state index contributed by atoms with van der Waals surface area (Å²) in [5, 5.41) is 6.20. The molecular formula is C20H22N2O2. The highest BCUT2D eigenvalue weighted by Crippen LogP contribution is 2.21. The molecule has 1 aliphatic heterocycles. The van der Waals surface area contributed by atoms with Crippen LogP contribution in [-0.2, 0) is 12.8 Å². The molecule has 2 aromatic carbocycles. The molecule has 0 aliphatic carbocycles. The monoisotopic (exact) mass is 322 g/mol.